The molecule has 3 aliphatic heterocycles. The Labute approximate surface area is 172 Å². The summed E-state index contributed by atoms with van der Waals surface area (Å²) >= 11 is 0. The highest BCUT2D eigenvalue weighted by Crippen LogP contribution is 2.42. The molecule has 28 heavy (non-hydrogen) atoms. The van der Waals surface area contributed by atoms with E-state index in [0.717, 1.165) is 24.2 Å². The van der Waals surface area contributed by atoms with Crippen LogP contribution in [0.4, 0.5) is 5.69 Å². The lowest BCUT2D eigenvalue weighted by atomic mass is 9.78. The number of hydrogen-bond donors (Lipinski definition) is 0. The van der Waals surface area contributed by atoms with Crippen LogP contribution >= 0.6 is 0 Å². The number of para-hydroxylation sites is 1. The molecule has 154 valence electrons. The van der Waals surface area contributed by atoms with Gasteiger partial charge in [-0.15, -0.1) is 0 Å². The van der Waals surface area contributed by atoms with Gasteiger partial charge < -0.3 is 4.90 Å². The highest BCUT2D eigenvalue weighted by molar-refractivity contribution is 5.58. The molecule has 0 aromatic heterocycles. The average Bonchev–Trinajstić information content (AvgIpc) is 3.15. The van der Waals surface area contributed by atoms with Crippen molar-refractivity contribution >= 4 is 5.69 Å². The van der Waals surface area contributed by atoms with E-state index in [4.69, 9.17) is 0 Å². The van der Waals surface area contributed by atoms with Crippen LogP contribution in [0.2, 0.25) is 0 Å². The quantitative estimate of drug-likeness (QED) is 0.591. The van der Waals surface area contributed by atoms with Gasteiger partial charge in [-0.25, -0.2) is 0 Å². The van der Waals surface area contributed by atoms with Crippen LogP contribution in [0, 0.1) is 0 Å². The molecule has 0 unspecified atom stereocenters. The molecular weight excluding hydrogens is 340 g/mol. The number of anilines is 1. The molecule has 1 saturated carbocycles. The third-order valence-corrected chi connectivity index (χ3v) is 8.37. The number of hydrogen-bond acceptors (Lipinski definition) is 2. The number of rotatable bonds is 2. The maximum atomic E-state index is 3.09. The van der Waals surface area contributed by atoms with Crippen molar-refractivity contribution in [1.29, 1.82) is 0 Å². The van der Waals surface area contributed by atoms with Gasteiger partial charge in [0.15, 0.2) is 0 Å². The maximum absolute atomic E-state index is 3.09. The summed E-state index contributed by atoms with van der Waals surface area (Å²) in [5.41, 5.74) is 3.14. The van der Waals surface area contributed by atoms with Crippen molar-refractivity contribution in [2.24, 2.45) is 0 Å². The second-order valence-electron chi connectivity index (χ2n) is 10.1. The van der Waals surface area contributed by atoms with Gasteiger partial charge in [-0.05, 0) is 56.6 Å². The van der Waals surface area contributed by atoms with Crippen LogP contribution in [0.1, 0.15) is 95.5 Å². The third kappa shape index (κ3) is 3.86. The van der Waals surface area contributed by atoms with Crippen molar-refractivity contribution < 1.29 is 0 Å². The fourth-order valence-corrected chi connectivity index (χ4v) is 7.07. The number of fused-ring (bicyclic) bond motifs is 3. The molecule has 3 atom stereocenters. The summed E-state index contributed by atoms with van der Waals surface area (Å²) in [5, 5.41) is 0. The molecule has 1 aromatic rings. The summed E-state index contributed by atoms with van der Waals surface area (Å²) in [7, 11) is 0. The zero-order valence-corrected chi connectivity index (χ0v) is 17.8. The lowest BCUT2D eigenvalue weighted by molar-refractivity contribution is -0.0137. The molecule has 2 bridgehead atoms. The Kier molecular flexibility index (Phi) is 5.95. The molecule has 2 nitrogen and oxygen atoms in total. The highest BCUT2D eigenvalue weighted by atomic mass is 15.3. The van der Waals surface area contributed by atoms with Crippen LogP contribution < -0.4 is 4.90 Å². The van der Waals surface area contributed by atoms with E-state index < -0.39 is 0 Å². The van der Waals surface area contributed by atoms with Gasteiger partial charge in [-0.3, -0.25) is 4.90 Å². The molecule has 2 heteroatoms. The second kappa shape index (κ2) is 8.78. The molecule has 0 spiro atoms. The maximum Gasteiger partial charge on any atom is 0.0402 e. The van der Waals surface area contributed by atoms with Crippen LogP contribution in [0.5, 0.6) is 0 Å². The van der Waals surface area contributed by atoms with Crippen molar-refractivity contribution in [2.45, 2.75) is 120 Å². The fourth-order valence-electron chi connectivity index (χ4n) is 7.07. The minimum atomic E-state index is 0.787. The van der Waals surface area contributed by atoms with E-state index in [0.29, 0.717) is 0 Å². The molecule has 5 rings (SSSR count). The van der Waals surface area contributed by atoms with Crippen LogP contribution in [0.15, 0.2) is 24.3 Å². The van der Waals surface area contributed by atoms with Crippen molar-refractivity contribution in [1.82, 2.24) is 4.90 Å². The predicted octanol–water partition coefficient (Wildman–Crippen LogP) is 6.33. The summed E-state index contributed by atoms with van der Waals surface area (Å²) in [6, 6.07) is 12.6. The second-order valence-corrected chi connectivity index (χ2v) is 10.1. The van der Waals surface area contributed by atoms with E-state index in [-0.39, 0.29) is 0 Å². The first-order chi connectivity index (χ1) is 13.9. The number of nitrogens with zero attached hydrogens (tertiary/aromatic N) is 2. The lowest BCUT2D eigenvalue weighted by Gasteiger charge is -2.54. The van der Waals surface area contributed by atoms with Crippen molar-refractivity contribution in [3.63, 3.8) is 0 Å². The monoisotopic (exact) mass is 380 g/mol. The minimum absolute atomic E-state index is 0.787. The van der Waals surface area contributed by atoms with Gasteiger partial charge in [0.05, 0.1) is 0 Å². The van der Waals surface area contributed by atoms with Crippen LogP contribution in [0.25, 0.3) is 0 Å². The SMILES string of the molecule is c1ccc2c(c1)CCN2[C@@H]1C[C@H]2CCC[C@@H](C1)N2C1CCCCCCCCC1. The van der Waals surface area contributed by atoms with E-state index >= 15 is 0 Å². The Morgan fingerprint density at radius 1 is 0.607 bits per heavy atom. The van der Waals surface area contributed by atoms with Crippen LogP contribution in [-0.4, -0.2) is 35.6 Å². The first-order valence-electron chi connectivity index (χ1n) is 12.5. The normalized spacial score (nSPS) is 32.9. The van der Waals surface area contributed by atoms with E-state index in [1.807, 2.05) is 0 Å². The molecule has 1 aliphatic carbocycles. The van der Waals surface area contributed by atoms with Crippen molar-refractivity contribution in [2.75, 3.05) is 11.4 Å². The number of benzene rings is 1. The van der Waals surface area contributed by atoms with E-state index in [9.17, 15) is 0 Å². The van der Waals surface area contributed by atoms with Crippen LogP contribution in [0.3, 0.4) is 0 Å². The van der Waals surface area contributed by atoms with Crippen molar-refractivity contribution in [3.8, 4) is 0 Å². The highest BCUT2D eigenvalue weighted by Gasteiger charge is 2.43. The van der Waals surface area contributed by atoms with Gasteiger partial charge in [-0.2, -0.15) is 0 Å². The summed E-state index contributed by atoms with van der Waals surface area (Å²) in [5.74, 6) is 0. The third-order valence-electron chi connectivity index (χ3n) is 8.37. The van der Waals surface area contributed by atoms with E-state index in [2.05, 4.69) is 34.1 Å². The van der Waals surface area contributed by atoms with Gasteiger partial charge in [0, 0.05) is 36.4 Å². The van der Waals surface area contributed by atoms with Gasteiger partial charge in [0.1, 0.15) is 0 Å². The zero-order valence-electron chi connectivity index (χ0n) is 17.8. The smallest absolute Gasteiger partial charge is 0.0402 e. The predicted molar refractivity (Wildman–Crippen MR) is 119 cm³/mol. The molecule has 3 heterocycles. The molecule has 4 aliphatic rings. The topological polar surface area (TPSA) is 6.48 Å². The first-order valence-corrected chi connectivity index (χ1v) is 12.5. The Balaban J connectivity index is 1.30. The summed E-state index contributed by atoms with van der Waals surface area (Å²) in [6.07, 6.45) is 21.8. The summed E-state index contributed by atoms with van der Waals surface area (Å²) in [4.78, 5) is 5.88. The number of piperidine rings is 2. The molecular formula is C26H40N2. The fraction of sp³-hybridized carbons (Fsp3) is 0.769. The van der Waals surface area contributed by atoms with Crippen LogP contribution in [-0.2, 0) is 6.42 Å². The summed E-state index contributed by atoms with van der Waals surface area (Å²) < 4.78 is 0. The Bertz CT molecular complexity index is 617. The average molecular weight is 381 g/mol. The molecule has 3 fully saturated rings. The zero-order chi connectivity index (χ0) is 18.8. The van der Waals surface area contributed by atoms with E-state index in [1.54, 1.807) is 11.3 Å². The Morgan fingerprint density at radius 3 is 1.93 bits per heavy atom. The first kappa shape index (κ1) is 19.0. The van der Waals surface area contributed by atoms with Crippen molar-refractivity contribution in [3.05, 3.63) is 29.8 Å². The van der Waals surface area contributed by atoms with E-state index in [1.165, 1.54) is 103 Å². The molecule has 1 aromatic carbocycles. The molecule has 2 saturated heterocycles. The van der Waals surface area contributed by atoms with Gasteiger partial charge in [0.2, 0.25) is 0 Å². The lowest BCUT2D eigenvalue weighted by Crippen LogP contribution is -2.60. The standard InChI is InChI=1S/C26H40N2/c1-2-4-6-12-22(13-7-5-3-1)28-23-14-10-15-24(28)20-25(19-23)27-18-17-21-11-8-9-16-26(21)27/h8-9,11,16,22-25H,1-7,10,12-15,17-20H2/t23-,24+,25-. The molecule has 0 radical (unpaired) electrons. The van der Waals surface area contributed by atoms with Gasteiger partial charge in [-0.1, -0.05) is 69.6 Å². The molecule has 0 N–H and O–H groups in total. The summed E-state index contributed by atoms with van der Waals surface area (Å²) in [6.45, 7) is 1.26. The van der Waals surface area contributed by atoms with Gasteiger partial charge in [0.25, 0.3) is 0 Å². The Hall–Kier alpha value is -1.02. The van der Waals surface area contributed by atoms with Gasteiger partial charge >= 0.3 is 0 Å². The Morgan fingerprint density at radius 2 is 1.21 bits per heavy atom. The largest absolute Gasteiger partial charge is 0.368 e. The molecule has 0 amide bonds. The minimum Gasteiger partial charge on any atom is -0.368 e.